The molecule has 4 aromatic rings. The number of nitrogens with zero attached hydrogens (tertiary/aromatic N) is 5. The lowest BCUT2D eigenvalue weighted by atomic mass is 9.95. The number of fused-ring (bicyclic) bond motifs is 5. The van der Waals surface area contributed by atoms with Crippen LogP contribution in [-0.2, 0) is 0 Å². The van der Waals surface area contributed by atoms with Crippen LogP contribution in [0, 0.1) is 0 Å². The molecule has 5 saturated heterocycles. The molecule has 0 radical (unpaired) electrons. The summed E-state index contributed by atoms with van der Waals surface area (Å²) in [5.41, 5.74) is 2.86. The zero-order valence-electron chi connectivity index (χ0n) is 26.8. The molecule has 47 heavy (non-hydrogen) atoms. The van der Waals surface area contributed by atoms with Gasteiger partial charge in [-0.15, -0.1) is 0 Å². The van der Waals surface area contributed by atoms with Gasteiger partial charge in [0.15, 0.2) is 0 Å². The van der Waals surface area contributed by atoms with Gasteiger partial charge in [-0.1, -0.05) is 30.3 Å². The molecule has 0 saturated carbocycles. The minimum atomic E-state index is 0.0716. The van der Waals surface area contributed by atoms with Crippen LogP contribution in [0.15, 0.2) is 54.6 Å². The number of carbonyl (C=O) groups is 1. The number of nitrogens with one attached hydrogen (secondary N) is 2. The second kappa shape index (κ2) is 11.5. The van der Waals surface area contributed by atoms with Gasteiger partial charge in [-0.3, -0.25) is 4.90 Å². The van der Waals surface area contributed by atoms with Crippen LogP contribution >= 0.6 is 0 Å². The highest BCUT2D eigenvalue weighted by molar-refractivity contribution is 6.01. The number of phenolic OH excluding ortho intramolecular Hbond substituents is 1. The van der Waals surface area contributed by atoms with Crippen molar-refractivity contribution >= 4 is 33.5 Å². The second-order valence-corrected chi connectivity index (χ2v) is 14.3. The van der Waals surface area contributed by atoms with Gasteiger partial charge in [0.2, 0.25) is 0 Å². The third-order valence-electron chi connectivity index (χ3n) is 11.5. The molecule has 5 aliphatic rings. The van der Waals surface area contributed by atoms with E-state index in [9.17, 15) is 9.90 Å². The lowest BCUT2D eigenvalue weighted by molar-refractivity contribution is 0.108. The van der Waals surface area contributed by atoms with Crippen molar-refractivity contribution in [3.8, 4) is 22.9 Å². The first kappa shape index (κ1) is 29.0. The van der Waals surface area contributed by atoms with Crippen molar-refractivity contribution in [2.45, 2.75) is 68.6 Å². The Morgan fingerprint density at radius 3 is 2.57 bits per heavy atom. The average molecular weight is 634 g/mol. The first-order valence-electron chi connectivity index (χ1n) is 17.5. The normalized spacial score (nSPS) is 25.1. The Kier molecular flexibility index (Phi) is 7.12. The molecule has 9 rings (SSSR count). The van der Waals surface area contributed by atoms with Gasteiger partial charge in [0.25, 0.3) is 0 Å². The summed E-state index contributed by atoms with van der Waals surface area (Å²) in [6, 6.07) is 19.1. The molecule has 10 nitrogen and oxygen atoms in total. The smallest absolute Gasteiger partial charge is 0.319 e. The summed E-state index contributed by atoms with van der Waals surface area (Å²) in [6.45, 7) is 6.16. The summed E-state index contributed by atoms with van der Waals surface area (Å²) in [4.78, 5) is 30.6. The molecule has 3 atom stereocenters. The van der Waals surface area contributed by atoms with Crippen LogP contribution < -0.4 is 20.3 Å². The largest absolute Gasteiger partial charge is 0.508 e. The Hall–Kier alpha value is -4.15. The quantitative estimate of drug-likeness (QED) is 0.276. The van der Waals surface area contributed by atoms with Crippen molar-refractivity contribution in [1.82, 2.24) is 30.4 Å². The number of carbonyl (C=O) groups excluding carboxylic acids is 1. The highest BCUT2D eigenvalue weighted by Gasteiger charge is 2.46. The number of hydrogen-bond acceptors (Lipinski definition) is 8. The minimum absolute atomic E-state index is 0.0716. The third-order valence-corrected chi connectivity index (χ3v) is 11.5. The van der Waals surface area contributed by atoms with Crippen LogP contribution in [0.5, 0.6) is 11.8 Å². The van der Waals surface area contributed by atoms with Gasteiger partial charge in [0.1, 0.15) is 18.2 Å². The maximum atomic E-state index is 13.4. The maximum Gasteiger partial charge on any atom is 0.319 e. The number of aromatic hydroxyl groups is 1. The predicted molar refractivity (Wildman–Crippen MR) is 183 cm³/mol. The van der Waals surface area contributed by atoms with Crippen LogP contribution in [0.3, 0.4) is 0 Å². The molecule has 10 heteroatoms. The zero-order valence-corrected chi connectivity index (χ0v) is 26.8. The maximum absolute atomic E-state index is 13.4. The Morgan fingerprint density at radius 2 is 1.79 bits per heavy atom. The van der Waals surface area contributed by atoms with Crippen molar-refractivity contribution in [2.24, 2.45) is 0 Å². The number of aromatic nitrogens is 2. The van der Waals surface area contributed by atoms with E-state index < -0.39 is 0 Å². The monoisotopic (exact) mass is 633 g/mol. The number of urea groups is 1. The highest BCUT2D eigenvalue weighted by atomic mass is 16.5. The molecule has 5 fully saturated rings. The summed E-state index contributed by atoms with van der Waals surface area (Å²) in [5, 5.41) is 20.3. The number of rotatable bonds is 6. The summed E-state index contributed by atoms with van der Waals surface area (Å²) in [7, 11) is 0. The van der Waals surface area contributed by atoms with Gasteiger partial charge in [-0.25, -0.2) is 4.79 Å². The van der Waals surface area contributed by atoms with Crippen molar-refractivity contribution in [1.29, 1.82) is 0 Å². The first-order valence-corrected chi connectivity index (χ1v) is 17.5. The van der Waals surface area contributed by atoms with Crippen LogP contribution in [0.25, 0.3) is 32.8 Å². The van der Waals surface area contributed by atoms with E-state index in [0.717, 1.165) is 110 Å². The van der Waals surface area contributed by atoms with Gasteiger partial charge in [0.05, 0.1) is 23.1 Å². The molecule has 3 N–H and O–H groups in total. The van der Waals surface area contributed by atoms with Gasteiger partial charge in [0, 0.05) is 31.1 Å². The Balaban J connectivity index is 1.07. The molecule has 1 aromatic heterocycles. The molecule has 1 unspecified atom stereocenters. The molecule has 5 aliphatic heterocycles. The predicted octanol–water partition coefficient (Wildman–Crippen LogP) is 4.89. The lowest BCUT2D eigenvalue weighted by Crippen LogP contribution is -2.59. The lowest BCUT2D eigenvalue weighted by Gasteiger charge is -2.42. The topological polar surface area (TPSA) is 106 Å². The first-order chi connectivity index (χ1) is 23.0. The van der Waals surface area contributed by atoms with Gasteiger partial charge in [-0.2, -0.15) is 9.97 Å². The molecule has 244 valence electrons. The van der Waals surface area contributed by atoms with E-state index in [1.807, 2.05) is 24.3 Å². The van der Waals surface area contributed by atoms with Gasteiger partial charge < -0.3 is 30.3 Å². The molecular formula is C37H43N7O3. The van der Waals surface area contributed by atoms with E-state index in [1.54, 1.807) is 6.07 Å². The van der Waals surface area contributed by atoms with E-state index in [1.165, 1.54) is 12.8 Å². The number of hydrogen-bond donors (Lipinski definition) is 3. The molecule has 6 heterocycles. The fourth-order valence-corrected chi connectivity index (χ4v) is 9.19. The Labute approximate surface area is 275 Å². The number of piperazine rings is 1. The molecule has 0 aliphatic carbocycles. The highest BCUT2D eigenvalue weighted by Crippen LogP contribution is 2.41. The number of anilines is 1. The van der Waals surface area contributed by atoms with Gasteiger partial charge >= 0.3 is 12.0 Å². The molecule has 0 spiro atoms. The fraction of sp³-hybridized carbons (Fsp3) is 0.486. The van der Waals surface area contributed by atoms with Crippen LogP contribution in [0.4, 0.5) is 10.6 Å². The number of phenols is 1. The van der Waals surface area contributed by atoms with Gasteiger partial charge in [-0.05, 0) is 111 Å². The number of benzene rings is 3. The number of amides is 2. The molecule has 3 aromatic carbocycles. The fourth-order valence-electron chi connectivity index (χ4n) is 9.19. The van der Waals surface area contributed by atoms with Crippen molar-refractivity contribution in [3.63, 3.8) is 0 Å². The van der Waals surface area contributed by atoms with E-state index in [-0.39, 0.29) is 35.4 Å². The minimum Gasteiger partial charge on any atom is -0.508 e. The summed E-state index contributed by atoms with van der Waals surface area (Å²) in [5.74, 6) is 1.12. The molecule has 2 bridgehead atoms. The average Bonchev–Trinajstić information content (AvgIpc) is 3.87. The van der Waals surface area contributed by atoms with Crippen molar-refractivity contribution in [3.05, 3.63) is 54.6 Å². The molecule has 2 amide bonds. The van der Waals surface area contributed by atoms with E-state index in [2.05, 4.69) is 49.6 Å². The molecular weight excluding hydrogens is 590 g/mol. The second-order valence-electron chi connectivity index (χ2n) is 14.3. The van der Waals surface area contributed by atoms with E-state index in [4.69, 9.17) is 14.7 Å². The summed E-state index contributed by atoms with van der Waals surface area (Å²) >= 11 is 0. The van der Waals surface area contributed by atoms with Crippen LogP contribution in [0.1, 0.15) is 44.9 Å². The third kappa shape index (κ3) is 5.13. The SMILES string of the molecule is O=C(NC1CCNC1)N1[C@@H]2CC[C@H]1CN(c1nc(OCC34CCCN3CCC4)nc3cc(-c4cc(O)cc5ccccc45)ccc13)C2. The summed E-state index contributed by atoms with van der Waals surface area (Å²) in [6.07, 6.45) is 7.72. The van der Waals surface area contributed by atoms with Crippen LogP contribution in [0.2, 0.25) is 0 Å². The Bertz CT molecular complexity index is 1820. The number of ether oxygens (including phenoxy) is 1. The zero-order chi connectivity index (χ0) is 31.5. The summed E-state index contributed by atoms with van der Waals surface area (Å²) < 4.78 is 6.56. The van der Waals surface area contributed by atoms with E-state index >= 15 is 0 Å². The van der Waals surface area contributed by atoms with Crippen molar-refractivity contribution in [2.75, 3.05) is 50.8 Å². The van der Waals surface area contributed by atoms with E-state index in [0.29, 0.717) is 12.6 Å². The van der Waals surface area contributed by atoms with Crippen molar-refractivity contribution < 1.29 is 14.6 Å². The Morgan fingerprint density at radius 1 is 0.979 bits per heavy atom. The van der Waals surface area contributed by atoms with Crippen LogP contribution in [-0.4, -0.2) is 100 Å². The standard InChI is InChI=1S/C37H43N7O3/c45-29-17-24-5-1-2-6-30(24)32(19-29)25-7-10-31-33(18-25)40-35(47-23-37-12-3-15-43(37)16-4-13-37)41-34(31)42-21-27-8-9-28(22-42)44(27)36(46)39-26-11-14-38-20-26/h1-2,5-7,10,17-19,26-28,38,45H,3-4,8-9,11-16,20-23H2,(H,39,46)/t26?,27-,28+.